The van der Waals surface area contributed by atoms with E-state index in [0.29, 0.717) is 0 Å². The Morgan fingerprint density at radius 2 is 1.74 bits per heavy atom. The molecule has 0 N–H and O–H groups in total. The summed E-state index contributed by atoms with van der Waals surface area (Å²) in [5.74, 6) is 0.874. The fourth-order valence-electron chi connectivity index (χ4n) is 3.39. The Morgan fingerprint density at radius 1 is 1.00 bits per heavy atom. The molecule has 2 saturated heterocycles. The molecule has 0 amide bonds. The van der Waals surface area contributed by atoms with E-state index in [2.05, 4.69) is 51.3 Å². The van der Waals surface area contributed by atoms with Gasteiger partial charge in [-0.25, -0.2) is 0 Å². The monoisotopic (exact) mass is 325 g/mol. The van der Waals surface area contributed by atoms with Crippen molar-refractivity contribution in [1.82, 2.24) is 10.0 Å². The van der Waals surface area contributed by atoms with Crippen molar-refractivity contribution in [2.45, 2.75) is 12.6 Å². The topological polar surface area (TPSA) is 19.0 Å². The van der Waals surface area contributed by atoms with Crippen LogP contribution >= 0.6 is 12.2 Å². The number of hydrogen-bond donors (Lipinski definition) is 0. The van der Waals surface area contributed by atoms with Gasteiger partial charge in [0.05, 0.1) is 7.11 Å². The number of fused-ring (bicyclic) bond motifs is 1. The van der Waals surface area contributed by atoms with Gasteiger partial charge in [-0.2, -0.15) is 5.01 Å². The van der Waals surface area contributed by atoms with Crippen LogP contribution < -0.4 is 9.64 Å². The van der Waals surface area contributed by atoms with Gasteiger partial charge in [-0.15, -0.1) is 0 Å². The summed E-state index contributed by atoms with van der Waals surface area (Å²) >= 11 is 5.77. The summed E-state index contributed by atoms with van der Waals surface area (Å²) in [6.07, 6.45) is 1.26. The molecule has 1 atom stereocenters. The summed E-state index contributed by atoms with van der Waals surface area (Å²) < 4.78 is 5.29. The molecule has 5 heteroatoms. The number of para-hydroxylation sites is 1. The smallest absolute Gasteiger partial charge is 0.192 e. The third-order valence-corrected chi connectivity index (χ3v) is 4.88. The highest BCUT2D eigenvalue weighted by molar-refractivity contribution is 7.80. The first kappa shape index (κ1) is 14.5. The summed E-state index contributed by atoms with van der Waals surface area (Å²) in [5, 5.41) is 5.49. The average Bonchev–Trinajstić information content (AvgIpc) is 3.18. The minimum Gasteiger partial charge on any atom is -0.497 e. The van der Waals surface area contributed by atoms with Crippen molar-refractivity contribution in [1.29, 1.82) is 0 Å². The standard InChI is InChI=1S/C18H19N3OS/c1-22-16-10-8-14(9-11-16)17-19-12-5-13-20(19)18(23)21(17)15-6-3-2-4-7-15/h2-4,6-11,17H,5,12-13H2,1H3/t17-/m1/s1. The largest absolute Gasteiger partial charge is 0.497 e. The maximum Gasteiger partial charge on any atom is 0.192 e. The lowest BCUT2D eigenvalue weighted by Gasteiger charge is -2.28. The van der Waals surface area contributed by atoms with Gasteiger partial charge in [0, 0.05) is 18.8 Å². The third kappa shape index (κ3) is 2.36. The van der Waals surface area contributed by atoms with Crippen LogP contribution in [0.5, 0.6) is 5.75 Å². The Bertz CT molecular complexity index is 704. The fourth-order valence-corrected chi connectivity index (χ4v) is 3.79. The number of anilines is 1. The molecular formula is C18H19N3OS. The number of hydrogen-bond acceptors (Lipinski definition) is 3. The van der Waals surface area contributed by atoms with Gasteiger partial charge in [0.15, 0.2) is 5.11 Å². The molecule has 2 aliphatic rings. The zero-order chi connectivity index (χ0) is 15.8. The van der Waals surface area contributed by atoms with Crippen molar-refractivity contribution in [2.75, 3.05) is 25.1 Å². The normalized spacial score (nSPS) is 20.9. The second-order valence-electron chi connectivity index (χ2n) is 5.77. The van der Waals surface area contributed by atoms with E-state index in [1.165, 1.54) is 5.56 Å². The molecule has 0 spiro atoms. The highest BCUT2D eigenvalue weighted by Gasteiger charge is 2.45. The van der Waals surface area contributed by atoms with Crippen LogP contribution in [0, 0.1) is 0 Å². The number of hydrazine groups is 1. The lowest BCUT2D eigenvalue weighted by Crippen LogP contribution is -2.32. The number of nitrogens with zero attached hydrogens (tertiary/aromatic N) is 3. The molecule has 2 aromatic rings. The van der Waals surface area contributed by atoms with Gasteiger partial charge < -0.3 is 4.74 Å². The van der Waals surface area contributed by atoms with Gasteiger partial charge >= 0.3 is 0 Å². The zero-order valence-corrected chi connectivity index (χ0v) is 13.9. The Kier molecular flexibility index (Phi) is 3.67. The first-order chi connectivity index (χ1) is 11.3. The van der Waals surface area contributed by atoms with E-state index in [1.807, 2.05) is 18.2 Å². The fraction of sp³-hybridized carbons (Fsp3) is 0.278. The van der Waals surface area contributed by atoms with Crippen LogP contribution in [0.25, 0.3) is 0 Å². The molecule has 118 valence electrons. The van der Waals surface area contributed by atoms with E-state index in [1.54, 1.807) is 7.11 Å². The second kappa shape index (κ2) is 5.83. The molecule has 0 saturated carbocycles. The van der Waals surface area contributed by atoms with Gasteiger partial charge in [0.25, 0.3) is 0 Å². The van der Waals surface area contributed by atoms with Crippen LogP contribution in [0.15, 0.2) is 54.6 Å². The van der Waals surface area contributed by atoms with Gasteiger partial charge in [0.2, 0.25) is 0 Å². The molecule has 0 aromatic heterocycles. The van der Waals surface area contributed by atoms with Crippen molar-refractivity contribution < 1.29 is 4.74 Å². The number of thiocarbonyl (C=S) groups is 1. The summed E-state index contributed by atoms with van der Waals surface area (Å²) in [6, 6.07) is 18.7. The average molecular weight is 325 g/mol. The molecule has 0 aliphatic carbocycles. The van der Waals surface area contributed by atoms with Crippen LogP contribution in [0.2, 0.25) is 0 Å². The predicted octanol–water partition coefficient (Wildman–Crippen LogP) is 3.42. The quantitative estimate of drug-likeness (QED) is 0.803. The summed E-state index contributed by atoms with van der Waals surface area (Å²) in [7, 11) is 1.69. The molecule has 2 aliphatic heterocycles. The SMILES string of the molecule is COc1ccc([C@H]2N(c3ccccc3)C(=S)N3CCCN23)cc1. The molecule has 23 heavy (non-hydrogen) atoms. The van der Waals surface area contributed by atoms with Crippen LogP contribution in [-0.4, -0.2) is 35.3 Å². The summed E-state index contributed by atoms with van der Waals surface area (Å²) in [4.78, 5) is 2.25. The Hall–Kier alpha value is -2.11. The van der Waals surface area contributed by atoms with E-state index < -0.39 is 0 Å². The van der Waals surface area contributed by atoms with Gasteiger partial charge in [0.1, 0.15) is 11.9 Å². The minimum atomic E-state index is 0.110. The lowest BCUT2D eigenvalue weighted by atomic mass is 10.1. The summed E-state index contributed by atoms with van der Waals surface area (Å²) in [5.41, 5.74) is 2.36. The first-order valence-electron chi connectivity index (χ1n) is 7.86. The van der Waals surface area contributed by atoms with Crippen molar-refractivity contribution in [3.8, 4) is 5.75 Å². The molecule has 0 radical (unpaired) electrons. The molecule has 2 aromatic carbocycles. The number of rotatable bonds is 3. The van der Waals surface area contributed by atoms with Crippen molar-refractivity contribution in [3.63, 3.8) is 0 Å². The maximum atomic E-state index is 5.77. The molecule has 4 rings (SSSR count). The van der Waals surface area contributed by atoms with Gasteiger partial charge in [-0.1, -0.05) is 30.3 Å². The molecular weight excluding hydrogens is 306 g/mol. The van der Waals surface area contributed by atoms with E-state index in [9.17, 15) is 0 Å². The second-order valence-corrected chi connectivity index (χ2v) is 6.14. The van der Waals surface area contributed by atoms with Gasteiger partial charge in [-0.05, 0) is 48.5 Å². The number of ether oxygens (including phenoxy) is 1. The van der Waals surface area contributed by atoms with Crippen LogP contribution in [0.3, 0.4) is 0 Å². The molecule has 2 heterocycles. The zero-order valence-electron chi connectivity index (χ0n) is 13.1. The van der Waals surface area contributed by atoms with E-state index in [-0.39, 0.29) is 6.17 Å². The van der Waals surface area contributed by atoms with Gasteiger partial charge in [-0.3, -0.25) is 9.91 Å². The molecule has 0 unspecified atom stereocenters. The predicted molar refractivity (Wildman–Crippen MR) is 95.3 cm³/mol. The van der Waals surface area contributed by atoms with Crippen molar-refractivity contribution in [3.05, 3.63) is 60.2 Å². The Labute approximate surface area is 141 Å². The highest BCUT2D eigenvalue weighted by Crippen LogP contribution is 2.40. The highest BCUT2D eigenvalue weighted by atomic mass is 32.1. The molecule has 0 bridgehead atoms. The minimum absolute atomic E-state index is 0.110. The Morgan fingerprint density at radius 3 is 2.43 bits per heavy atom. The summed E-state index contributed by atoms with van der Waals surface area (Å²) in [6.45, 7) is 2.02. The third-order valence-electron chi connectivity index (χ3n) is 4.47. The van der Waals surface area contributed by atoms with Crippen molar-refractivity contribution in [2.24, 2.45) is 0 Å². The van der Waals surface area contributed by atoms with Crippen LogP contribution in [-0.2, 0) is 0 Å². The number of methoxy groups -OCH3 is 1. The van der Waals surface area contributed by atoms with E-state index >= 15 is 0 Å². The van der Waals surface area contributed by atoms with E-state index in [0.717, 1.165) is 36.1 Å². The molecule has 2 fully saturated rings. The van der Waals surface area contributed by atoms with Crippen molar-refractivity contribution >= 4 is 23.0 Å². The van der Waals surface area contributed by atoms with Crippen LogP contribution in [0.1, 0.15) is 18.2 Å². The maximum absolute atomic E-state index is 5.77. The Balaban J connectivity index is 1.77. The first-order valence-corrected chi connectivity index (χ1v) is 8.27. The lowest BCUT2D eigenvalue weighted by molar-refractivity contribution is 0.0923. The number of benzene rings is 2. The molecule has 4 nitrogen and oxygen atoms in total. The van der Waals surface area contributed by atoms with E-state index in [4.69, 9.17) is 17.0 Å². The van der Waals surface area contributed by atoms with Crippen LogP contribution in [0.4, 0.5) is 5.69 Å².